The van der Waals surface area contributed by atoms with Crippen LogP contribution >= 0.6 is 0 Å². The molecule has 0 heterocycles. The Labute approximate surface area is 115 Å². The molecule has 0 aliphatic heterocycles. The van der Waals surface area contributed by atoms with Gasteiger partial charge in [0.1, 0.15) is 0 Å². The largest absolute Gasteiger partial charge is 0.480 e. The fraction of sp³-hybridized carbons (Fsp3) is 0.929. The second kappa shape index (κ2) is 9.28. The van der Waals surface area contributed by atoms with Crippen LogP contribution in [0.1, 0.15) is 45.4 Å². The Hall–Kier alpha value is -0.650. The molecule has 0 spiro atoms. The smallest absolute Gasteiger partial charge is 0.317 e. The molecule has 112 valence electrons. The maximum Gasteiger partial charge on any atom is 0.317 e. The lowest BCUT2D eigenvalue weighted by molar-refractivity contribution is -0.139. The van der Waals surface area contributed by atoms with E-state index in [1.54, 1.807) is 0 Å². The summed E-state index contributed by atoms with van der Waals surface area (Å²) in [4.78, 5) is 12.8. The first-order valence-corrected chi connectivity index (χ1v) is 7.35. The van der Waals surface area contributed by atoms with Crippen molar-refractivity contribution in [2.75, 3.05) is 26.3 Å². The number of aliphatic hydroxyl groups excluding tert-OH is 1. The molecule has 5 nitrogen and oxygen atoms in total. The Morgan fingerprint density at radius 3 is 2.68 bits per heavy atom. The van der Waals surface area contributed by atoms with Crippen LogP contribution in [0.2, 0.25) is 0 Å². The average Bonchev–Trinajstić information content (AvgIpc) is 2.87. The van der Waals surface area contributed by atoms with Gasteiger partial charge in [0.15, 0.2) is 0 Å². The predicted octanol–water partition coefficient (Wildman–Crippen LogP) is 1.49. The van der Waals surface area contributed by atoms with E-state index in [4.69, 9.17) is 9.84 Å². The van der Waals surface area contributed by atoms with E-state index in [-0.39, 0.29) is 6.54 Å². The van der Waals surface area contributed by atoms with Gasteiger partial charge in [-0.2, -0.15) is 0 Å². The van der Waals surface area contributed by atoms with Gasteiger partial charge in [0.05, 0.1) is 19.3 Å². The summed E-state index contributed by atoms with van der Waals surface area (Å²) in [5, 5.41) is 18.9. The number of aliphatic carboxylic acids is 1. The van der Waals surface area contributed by atoms with Crippen molar-refractivity contribution in [1.82, 2.24) is 4.90 Å². The topological polar surface area (TPSA) is 70.0 Å². The minimum absolute atomic E-state index is 0.0106. The molecule has 0 bridgehead atoms. The van der Waals surface area contributed by atoms with E-state index in [9.17, 15) is 9.90 Å². The van der Waals surface area contributed by atoms with E-state index in [1.807, 2.05) is 4.90 Å². The summed E-state index contributed by atoms with van der Waals surface area (Å²) < 4.78 is 5.38. The molecule has 1 rings (SSSR count). The van der Waals surface area contributed by atoms with E-state index in [0.717, 1.165) is 38.5 Å². The first-order chi connectivity index (χ1) is 9.13. The van der Waals surface area contributed by atoms with Crippen LogP contribution in [-0.2, 0) is 9.53 Å². The molecule has 2 N–H and O–H groups in total. The Morgan fingerprint density at radius 1 is 1.42 bits per heavy atom. The highest BCUT2D eigenvalue weighted by Crippen LogP contribution is 2.23. The van der Waals surface area contributed by atoms with Crippen LogP contribution < -0.4 is 0 Å². The highest BCUT2D eigenvalue weighted by atomic mass is 16.5. The van der Waals surface area contributed by atoms with Gasteiger partial charge in [-0.25, -0.2) is 0 Å². The SMILES string of the molecule is CCCCOCC(O)CN(CC(=O)O)C1CCCC1. The minimum Gasteiger partial charge on any atom is -0.480 e. The summed E-state index contributed by atoms with van der Waals surface area (Å²) in [5.74, 6) is -0.828. The number of rotatable bonds is 10. The van der Waals surface area contributed by atoms with E-state index in [2.05, 4.69) is 6.92 Å². The van der Waals surface area contributed by atoms with E-state index in [0.29, 0.717) is 25.8 Å². The van der Waals surface area contributed by atoms with Crippen molar-refractivity contribution in [3.8, 4) is 0 Å². The van der Waals surface area contributed by atoms with Crippen molar-refractivity contribution in [2.45, 2.75) is 57.6 Å². The van der Waals surface area contributed by atoms with Gasteiger partial charge >= 0.3 is 5.97 Å². The van der Waals surface area contributed by atoms with Crippen molar-refractivity contribution < 1.29 is 19.7 Å². The first-order valence-electron chi connectivity index (χ1n) is 7.35. The quantitative estimate of drug-likeness (QED) is 0.590. The Morgan fingerprint density at radius 2 is 2.11 bits per heavy atom. The number of hydrogen-bond acceptors (Lipinski definition) is 4. The minimum atomic E-state index is -0.828. The summed E-state index contributed by atoms with van der Waals surface area (Å²) >= 11 is 0. The first kappa shape index (κ1) is 16.4. The lowest BCUT2D eigenvalue weighted by Gasteiger charge is -2.29. The molecule has 1 unspecified atom stereocenters. The maximum atomic E-state index is 10.9. The summed E-state index contributed by atoms with van der Waals surface area (Å²) in [6.07, 6.45) is 5.86. The van der Waals surface area contributed by atoms with Crippen LogP contribution in [-0.4, -0.2) is 59.5 Å². The second-order valence-corrected chi connectivity index (χ2v) is 5.34. The van der Waals surface area contributed by atoms with Gasteiger partial charge in [0.25, 0.3) is 0 Å². The maximum absolute atomic E-state index is 10.9. The molecule has 0 aromatic rings. The third kappa shape index (κ3) is 6.89. The standard InChI is InChI=1S/C14H27NO4/c1-2-3-8-19-11-13(16)9-15(10-14(17)18)12-6-4-5-7-12/h12-13,16H,2-11H2,1H3,(H,17,18). The van der Waals surface area contributed by atoms with Crippen molar-refractivity contribution in [1.29, 1.82) is 0 Å². The van der Waals surface area contributed by atoms with Gasteiger partial charge in [0.2, 0.25) is 0 Å². The Kier molecular flexibility index (Phi) is 8.02. The predicted molar refractivity (Wildman–Crippen MR) is 73.2 cm³/mol. The molecule has 0 saturated heterocycles. The molecular weight excluding hydrogens is 246 g/mol. The van der Waals surface area contributed by atoms with Crippen LogP contribution in [0, 0.1) is 0 Å². The number of carbonyl (C=O) groups is 1. The lowest BCUT2D eigenvalue weighted by atomic mass is 10.2. The Bertz CT molecular complexity index is 254. The van der Waals surface area contributed by atoms with Gasteiger partial charge in [-0.15, -0.1) is 0 Å². The number of carboxylic acids is 1. The van der Waals surface area contributed by atoms with Crippen molar-refractivity contribution in [3.63, 3.8) is 0 Å². The summed E-state index contributed by atoms with van der Waals surface area (Å²) in [7, 11) is 0. The molecule has 0 aromatic heterocycles. The third-order valence-electron chi connectivity index (χ3n) is 3.58. The number of carboxylic acid groups (broad SMARTS) is 1. The molecule has 0 amide bonds. The van der Waals surface area contributed by atoms with E-state index >= 15 is 0 Å². The van der Waals surface area contributed by atoms with Crippen molar-refractivity contribution in [3.05, 3.63) is 0 Å². The fourth-order valence-corrected chi connectivity index (χ4v) is 2.58. The van der Waals surface area contributed by atoms with Crippen LogP contribution in [0.15, 0.2) is 0 Å². The molecule has 1 saturated carbocycles. The van der Waals surface area contributed by atoms with E-state index < -0.39 is 12.1 Å². The summed E-state index contributed by atoms with van der Waals surface area (Å²) in [5.41, 5.74) is 0. The highest BCUT2D eigenvalue weighted by Gasteiger charge is 2.26. The zero-order chi connectivity index (χ0) is 14.1. The van der Waals surface area contributed by atoms with Gasteiger partial charge in [-0.1, -0.05) is 26.2 Å². The molecule has 19 heavy (non-hydrogen) atoms. The van der Waals surface area contributed by atoms with Crippen LogP contribution in [0.5, 0.6) is 0 Å². The number of nitrogens with zero attached hydrogens (tertiary/aromatic N) is 1. The Balaban J connectivity index is 2.31. The molecular formula is C14H27NO4. The average molecular weight is 273 g/mol. The highest BCUT2D eigenvalue weighted by molar-refractivity contribution is 5.69. The van der Waals surface area contributed by atoms with Crippen LogP contribution in [0.4, 0.5) is 0 Å². The number of ether oxygens (including phenoxy) is 1. The number of unbranched alkanes of at least 4 members (excludes halogenated alkanes) is 1. The molecule has 0 aromatic carbocycles. The second-order valence-electron chi connectivity index (χ2n) is 5.34. The van der Waals surface area contributed by atoms with Gasteiger partial charge in [-0.05, 0) is 19.3 Å². The fourth-order valence-electron chi connectivity index (χ4n) is 2.58. The summed E-state index contributed by atoms with van der Waals surface area (Å²) in [6.45, 7) is 3.45. The molecule has 1 fully saturated rings. The monoisotopic (exact) mass is 273 g/mol. The molecule has 1 aliphatic carbocycles. The molecule has 1 atom stereocenters. The molecule has 1 aliphatic rings. The normalized spacial score (nSPS) is 18.1. The number of hydrogen-bond donors (Lipinski definition) is 2. The molecule has 5 heteroatoms. The lowest BCUT2D eigenvalue weighted by Crippen LogP contribution is -2.43. The van der Waals surface area contributed by atoms with Crippen molar-refractivity contribution in [2.24, 2.45) is 0 Å². The summed E-state index contributed by atoms with van der Waals surface area (Å²) in [6, 6.07) is 0.307. The van der Waals surface area contributed by atoms with Gasteiger partial charge < -0.3 is 14.9 Å². The third-order valence-corrected chi connectivity index (χ3v) is 3.58. The van der Waals surface area contributed by atoms with Crippen LogP contribution in [0.25, 0.3) is 0 Å². The zero-order valence-corrected chi connectivity index (χ0v) is 11.9. The molecule has 0 radical (unpaired) electrons. The van der Waals surface area contributed by atoms with Crippen LogP contribution in [0.3, 0.4) is 0 Å². The van der Waals surface area contributed by atoms with E-state index in [1.165, 1.54) is 0 Å². The van der Waals surface area contributed by atoms with Gasteiger partial charge in [-0.3, -0.25) is 9.69 Å². The number of aliphatic hydroxyl groups is 1. The van der Waals surface area contributed by atoms with Crippen molar-refractivity contribution >= 4 is 5.97 Å². The zero-order valence-electron chi connectivity index (χ0n) is 11.9. The van der Waals surface area contributed by atoms with Gasteiger partial charge in [0, 0.05) is 19.2 Å².